The maximum Gasteiger partial charge on any atom is 0.405 e. The first kappa shape index (κ1) is 39.3. The molecule has 18 nitrogen and oxygen atoms in total. The lowest BCUT2D eigenvalue weighted by Gasteiger charge is -2.28. The van der Waals surface area contributed by atoms with Crippen molar-refractivity contribution >= 4 is 24.0 Å². The molecule has 6 aromatic rings. The van der Waals surface area contributed by atoms with E-state index in [1.54, 1.807) is 88.9 Å². The largest absolute Gasteiger partial charge is 0.465 e. The average molecular weight is 811 g/mol. The van der Waals surface area contributed by atoms with Crippen LogP contribution in [0.15, 0.2) is 85.2 Å². The first-order chi connectivity index (χ1) is 29.1. The zero-order valence-electron chi connectivity index (χ0n) is 32.7. The standard InChI is InChI=1S/C42H42N12O6/c1-23-24(2)34(30-22-44-38(46-30)32-16-10-20-54(32)40(56)36(48-42(59)60)26-13-7-4-8-14-26)52-51-33(23)28-18-17-27(49-50-28)29-21-43-37(45-29)31-15-9-19-53(31)39(55)35(47-41(57)58)25-11-5-3-6-12-25/h3-8,11-14,17-18,21-22,31-32,35-36,47-48H,9-10,15-16,19-20H2,1-2H3,(H,43,45)(H,44,46)(H,57,58)(H,59,60)/t31?,32-,35?,36+/m0/s1. The molecule has 306 valence electrons. The topological polar surface area (TPSA) is 248 Å². The Hall–Kier alpha value is -7.50. The summed E-state index contributed by atoms with van der Waals surface area (Å²) in [5, 5.41) is 41.8. The van der Waals surface area contributed by atoms with E-state index in [2.05, 4.69) is 51.0 Å². The number of carbonyl (C=O) groups excluding carboxylic acids is 2. The lowest BCUT2D eigenvalue weighted by molar-refractivity contribution is -0.135. The van der Waals surface area contributed by atoms with Crippen molar-refractivity contribution in [2.24, 2.45) is 0 Å². The minimum atomic E-state index is -1.29. The maximum absolute atomic E-state index is 13.8. The number of amides is 4. The maximum atomic E-state index is 13.8. The van der Waals surface area contributed by atoms with Crippen LogP contribution in [0.5, 0.6) is 0 Å². The highest BCUT2D eigenvalue weighted by Gasteiger charge is 2.38. The average Bonchev–Trinajstić information content (AvgIpc) is 4.10. The number of imidazole rings is 2. The Kier molecular flexibility index (Phi) is 11.0. The van der Waals surface area contributed by atoms with Crippen molar-refractivity contribution < 1.29 is 29.4 Å². The van der Waals surface area contributed by atoms with Gasteiger partial charge in [0.15, 0.2) is 0 Å². The van der Waals surface area contributed by atoms with E-state index in [0.29, 0.717) is 82.9 Å². The van der Waals surface area contributed by atoms with Gasteiger partial charge in [0.05, 0.1) is 35.9 Å². The van der Waals surface area contributed by atoms with Gasteiger partial charge in [-0.2, -0.15) is 0 Å². The summed E-state index contributed by atoms with van der Waals surface area (Å²) in [7, 11) is 0. The Morgan fingerprint density at radius 3 is 1.57 bits per heavy atom. The molecule has 2 saturated heterocycles. The van der Waals surface area contributed by atoms with Crippen molar-refractivity contribution in [3.8, 4) is 34.2 Å². The molecule has 2 fully saturated rings. The van der Waals surface area contributed by atoms with Gasteiger partial charge in [-0.1, -0.05) is 60.7 Å². The number of carbonyl (C=O) groups is 4. The summed E-state index contributed by atoms with van der Waals surface area (Å²) in [5.74, 6) is 0.439. The molecule has 0 aliphatic carbocycles. The molecular weight excluding hydrogens is 769 g/mol. The summed E-state index contributed by atoms with van der Waals surface area (Å²) in [5.41, 5.74) is 6.20. The van der Waals surface area contributed by atoms with Crippen molar-refractivity contribution in [2.75, 3.05) is 13.1 Å². The van der Waals surface area contributed by atoms with Gasteiger partial charge in [0.25, 0.3) is 11.8 Å². The van der Waals surface area contributed by atoms with Crippen molar-refractivity contribution in [2.45, 2.75) is 63.7 Å². The highest BCUT2D eigenvalue weighted by atomic mass is 16.4. The summed E-state index contributed by atoms with van der Waals surface area (Å²) in [6, 6.07) is 18.3. The molecule has 4 aromatic heterocycles. The van der Waals surface area contributed by atoms with E-state index in [0.717, 1.165) is 24.0 Å². The number of aromatic amines is 2. The van der Waals surface area contributed by atoms with Crippen LogP contribution in [0.25, 0.3) is 34.2 Å². The molecule has 0 radical (unpaired) electrons. The minimum absolute atomic E-state index is 0.350. The second-order valence-electron chi connectivity index (χ2n) is 14.8. The summed E-state index contributed by atoms with van der Waals surface area (Å²) < 4.78 is 0. The highest BCUT2D eigenvalue weighted by Crippen LogP contribution is 2.36. The normalized spacial score (nSPS) is 17.3. The van der Waals surface area contributed by atoms with Crippen molar-refractivity contribution in [3.63, 3.8) is 0 Å². The lowest BCUT2D eigenvalue weighted by atomic mass is 10.0. The third-order valence-electron chi connectivity index (χ3n) is 11.2. The fourth-order valence-corrected chi connectivity index (χ4v) is 8.04. The Morgan fingerprint density at radius 2 is 1.07 bits per heavy atom. The van der Waals surface area contributed by atoms with Crippen molar-refractivity contribution in [1.82, 2.24) is 60.8 Å². The summed E-state index contributed by atoms with van der Waals surface area (Å²) in [6.45, 7) is 4.78. The van der Waals surface area contributed by atoms with Crippen LogP contribution in [0, 0.1) is 13.8 Å². The number of carboxylic acid groups (broad SMARTS) is 2. The van der Waals surface area contributed by atoms with E-state index >= 15 is 0 Å². The quantitative estimate of drug-likeness (QED) is 0.0926. The molecule has 0 spiro atoms. The highest BCUT2D eigenvalue weighted by molar-refractivity contribution is 5.88. The van der Waals surface area contributed by atoms with Crippen LogP contribution >= 0.6 is 0 Å². The Bertz CT molecular complexity index is 2530. The predicted octanol–water partition coefficient (Wildman–Crippen LogP) is 5.68. The summed E-state index contributed by atoms with van der Waals surface area (Å²) in [4.78, 5) is 70.0. The van der Waals surface area contributed by atoms with Crippen LogP contribution in [0.1, 0.15) is 83.8 Å². The molecule has 18 heteroatoms. The number of rotatable bonds is 11. The van der Waals surface area contributed by atoms with Gasteiger partial charge in [-0.25, -0.2) is 19.6 Å². The fraction of sp³-hybridized carbons (Fsp3) is 0.286. The molecule has 6 heterocycles. The molecule has 2 aromatic carbocycles. The number of hydrogen-bond acceptors (Lipinski definition) is 10. The minimum Gasteiger partial charge on any atom is -0.465 e. The van der Waals surface area contributed by atoms with Gasteiger partial charge in [-0.05, 0) is 73.9 Å². The van der Waals surface area contributed by atoms with Crippen LogP contribution in [0.3, 0.4) is 0 Å². The number of nitrogens with one attached hydrogen (secondary N) is 4. The Balaban J connectivity index is 0.967. The van der Waals surface area contributed by atoms with Gasteiger partial charge in [0.1, 0.15) is 46.5 Å². The van der Waals surface area contributed by atoms with E-state index in [9.17, 15) is 29.4 Å². The van der Waals surface area contributed by atoms with Gasteiger partial charge in [-0.3, -0.25) is 9.59 Å². The molecule has 8 rings (SSSR count). The third kappa shape index (κ3) is 7.86. The van der Waals surface area contributed by atoms with E-state index < -0.39 is 24.3 Å². The summed E-state index contributed by atoms with van der Waals surface area (Å²) in [6.07, 6.45) is 3.52. The zero-order chi connectivity index (χ0) is 41.9. The number of H-pyrrole nitrogens is 2. The van der Waals surface area contributed by atoms with Gasteiger partial charge in [0.2, 0.25) is 0 Å². The van der Waals surface area contributed by atoms with Gasteiger partial charge >= 0.3 is 12.2 Å². The lowest BCUT2D eigenvalue weighted by Crippen LogP contribution is -2.42. The first-order valence-electron chi connectivity index (χ1n) is 19.6. The molecule has 2 unspecified atom stereocenters. The van der Waals surface area contributed by atoms with Crippen molar-refractivity contribution in [1.29, 1.82) is 0 Å². The van der Waals surface area contributed by atoms with Crippen LogP contribution < -0.4 is 10.6 Å². The molecule has 60 heavy (non-hydrogen) atoms. The van der Waals surface area contributed by atoms with E-state index in [1.165, 1.54) is 0 Å². The van der Waals surface area contributed by atoms with Crippen molar-refractivity contribution in [3.05, 3.63) is 119 Å². The number of benzene rings is 2. The van der Waals surface area contributed by atoms with E-state index in [-0.39, 0.29) is 23.9 Å². The second-order valence-corrected chi connectivity index (χ2v) is 14.8. The van der Waals surface area contributed by atoms with Gasteiger partial charge in [0, 0.05) is 13.1 Å². The number of hydrogen-bond donors (Lipinski definition) is 6. The van der Waals surface area contributed by atoms with E-state index in [1.807, 2.05) is 19.9 Å². The molecule has 2 aliphatic heterocycles. The van der Waals surface area contributed by atoms with Gasteiger partial charge in [-0.15, -0.1) is 20.4 Å². The number of aromatic nitrogens is 8. The first-order valence-corrected chi connectivity index (χ1v) is 19.6. The molecule has 6 N–H and O–H groups in total. The van der Waals surface area contributed by atoms with Crippen LogP contribution in [0.4, 0.5) is 9.59 Å². The Labute approximate surface area is 343 Å². The molecule has 4 amide bonds. The monoisotopic (exact) mass is 810 g/mol. The van der Waals surface area contributed by atoms with Crippen LogP contribution in [0.2, 0.25) is 0 Å². The Morgan fingerprint density at radius 1 is 0.617 bits per heavy atom. The molecule has 0 saturated carbocycles. The molecule has 0 bridgehead atoms. The predicted molar refractivity (Wildman–Crippen MR) is 216 cm³/mol. The molecule has 4 atom stereocenters. The summed E-state index contributed by atoms with van der Waals surface area (Å²) >= 11 is 0. The third-order valence-corrected chi connectivity index (χ3v) is 11.2. The molecular formula is C42H42N12O6. The number of likely N-dealkylation sites (tertiary alicyclic amines) is 2. The molecule has 2 aliphatic rings. The second kappa shape index (κ2) is 16.8. The number of nitrogens with zero attached hydrogens (tertiary/aromatic N) is 8. The van der Waals surface area contributed by atoms with E-state index in [4.69, 9.17) is 0 Å². The SMILES string of the molecule is Cc1c(-c2ccc(-c3cnc(C4CCCN4C(=O)C(NC(=O)O)c4ccccc4)[nH]3)nn2)nnc(-c2cnc([C@@H]3CCCN3C(=O)[C@H](NC(=O)O)c3ccccc3)[nH]2)c1C. The smallest absolute Gasteiger partial charge is 0.405 e. The zero-order valence-corrected chi connectivity index (χ0v) is 32.7. The van der Waals surface area contributed by atoms with Crippen LogP contribution in [-0.4, -0.2) is 97.4 Å². The van der Waals surface area contributed by atoms with Gasteiger partial charge < -0.3 is 40.6 Å². The fourth-order valence-electron chi connectivity index (χ4n) is 8.04. The van der Waals surface area contributed by atoms with Crippen LogP contribution in [-0.2, 0) is 9.59 Å².